The Hall–Kier alpha value is -3.28. The van der Waals surface area contributed by atoms with Gasteiger partial charge in [0.1, 0.15) is 18.0 Å². The topological polar surface area (TPSA) is 58.1 Å². The fourth-order valence-corrected chi connectivity index (χ4v) is 3.85. The van der Waals surface area contributed by atoms with Gasteiger partial charge in [-0.05, 0) is 37.5 Å². The van der Waals surface area contributed by atoms with Gasteiger partial charge >= 0.3 is 0 Å². The maximum Gasteiger partial charge on any atom is 0.223 e. The Kier molecular flexibility index (Phi) is 6.02. The van der Waals surface area contributed by atoms with Crippen LogP contribution in [-0.4, -0.2) is 29.0 Å². The van der Waals surface area contributed by atoms with Crippen LogP contribution >= 0.6 is 0 Å². The van der Waals surface area contributed by atoms with Gasteiger partial charge < -0.3 is 10.2 Å². The Morgan fingerprint density at radius 2 is 1.90 bits per heavy atom. The average Bonchev–Trinajstić information content (AvgIpc) is 2.78. The molecular weight excluding hydrogens is 379 g/mol. The number of aryl methyl sites for hydroxylation is 1. The summed E-state index contributed by atoms with van der Waals surface area (Å²) in [4.78, 5) is 23.4. The van der Waals surface area contributed by atoms with Gasteiger partial charge in [0, 0.05) is 37.2 Å². The summed E-state index contributed by atoms with van der Waals surface area (Å²) in [5.41, 5.74) is 3.73. The molecule has 6 heteroatoms. The molecule has 30 heavy (non-hydrogen) atoms. The van der Waals surface area contributed by atoms with Crippen LogP contribution in [0.2, 0.25) is 0 Å². The van der Waals surface area contributed by atoms with Crippen molar-refractivity contribution in [3.63, 3.8) is 0 Å². The van der Waals surface area contributed by atoms with E-state index in [9.17, 15) is 9.18 Å². The minimum atomic E-state index is -0.287. The Labute approximate surface area is 176 Å². The number of carbonyl (C=O) groups is 1. The van der Waals surface area contributed by atoms with E-state index in [1.165, 1.54) is 24.0 Å². The minimum Gasteiger partial charge on any atom is -0.356 e. The summed E-state index contributed by atoms with van der Waals surface area (Å²) in [5, 5.41) is 3.07. The summed E-state index contributed by atoms with van der Waals surface area (Å²) in [7, 11) is 0. The number of aromatic nitrogens is 2. The first-order chi connectivity index (χ1) is 14.6. The third kappa shape index (κ3) is 4.82. The third-order valence-corrected chi connectivity index (χ3v) is 5.51. The fourth-order valence-electron chi connectivity index (χ4n) is 3.85. The number of rotatable bonds is 5. The zero-order valence-electron chi connectivity index (χ0n) is 17.0. The second-order valence-corrected chi connectivity index (χ2v) is 7.74. The zero-order valence-corrected chi connectivity index (χ0v) is 17.0. The number of carbonyl (C=O) groups excluding carboxylic acids is 1. The number of amides is 1. The van der Waals surface area contributed by atoms with E-state index in [1.807, 2.05) is 37.3 Å². The normalized spacial score (nSPS) is 14.5. The van der Waals surface area contributed by atoms with E-state index in [4.69, 9.17) is 0 Å². The molecule has 2 aromatic carbocycles. The zero-order chi connectivity index (χ0) is 20.9. The van der Waals surface area contributed by atoms with Crippen LogP contribution in [0.15, 0.2) is 60.9 Å². The van der Waals surface area contributed by atoms with Gasteiger partial charge in [0.25, 0.3) is 0 Å². The highest BCUT2D eigenvalue weighted by Gasteiger charge is 2.25. The molecular formula is C24H25FN4O. The summed E-state index contributed by atoms with van der Waals surface area (Å²) < 4.78 is 13.5. The van der Waals surface area contributed by atoms with Crippen LogP contribution in [0.25, 0.3) is 11.3 Å². The molecule has 1 aromatic heterocycles. The van der Waals surface area contributed by atoms with Gasteiger partial charge in [-0.2, -0.15) is 0 Å². The fraction of sp³-hybridized carbons (Fsp3) is 0.292. The lowest BCUT2D eigenvalue weighted by atomic mass is 9.95. The van der Waals surface area contributed by atoms with Gasteiger partial charge in [-0.1, -0.05) is 42.0 Å². The molecule has 154 valence electrons. The number of nitrogens with one attached hydrogen (secondary N) is 1. The molecule has 0 spiro atoms. The van der Waals surface area contributed by atoms with Crippen molar-refractivity contribution in [1.29, 1.82) is 0 Å². The van der Waals surface area contributed by atoms with Crippen LogP contribution in [0.5, 0.6) is 0 Å². The van der Waals surface area contributed by atoms with Crippen molar-refractivity contribution >= 4 is 11.7 Å². The van der Waals surface area contributed by atoms with Gasteiger partial charge in [-0.3, -0.25) is 4.79 Å². The maximum atomic E-state index is 13.5. The highest BCUT2D eigenvalue weighted by Crippen LogP contribution is 2.25. The van der Waals surface area contributed by atoms with Crippen LogP contribution in [0.4, 0.5) is 10.2 Å². The molecule has 0 bridgehead atoms. The predicted molar refractivity (Wildman–Crippen MR) is 115 cm³/mol. The highest BCUT2D eigenvalue weighted by atomic mass is 19.1. The SMILES string of the molecule is Cc1cccc(CNC(=O)C2CCN(c3cc(-c4cccc(F)c4)ncn3)CC2)c1. The number of piperidine rings is 1. The molecule has 1 aliphatic rings. The van der Waals surface area contributed by atoms with E-state index in [0.717, 1.165) is 42.9 Å². The van der Waals surface area contributed by atoms with Crippen LogP contribution < -0.4 is 10.2 Å². The van der Waals surface area contributed by atoms with E-state index in [2.05, 4.69) is 26.3 Å². The average molecular weight is 404 g/mol. The van der Waals surface area contributed by atoms with E-state index >= 15 is 0 Å². The molecule has 1 N–H and O–H groups in total. The van der Waals surface area contributed by atoms with Gasteiger partial charge in [-0.15, -0.1) is 0 Å². The maximum absolute atomic E-state index is 13.5. The standard InChI is InChI=1S/C24H25FN4O/c1-17-4-2-5-18(12-17)15-26-24(30)19-8-10-29(11-9-19)23-14-22(27-16-28-23)20-6-3-7-21(25)13-20/h2-7,12-14,16,19H,8-11,15H2,1H3,(H,26,30). The number of benzene rings is 2. The lowest BCUT2D eigenvalue weighted by molar-refractivity contribution is -0.125. The van der Waals surface area contributed by atoms with Crippen LogP contribution in [0.1, 0.15) is 24.0 Å². The first kappa shape index (κ1) is 20.0. The largest absolute Gasteiger partial charge is 0.356 e. The molecule has 1 amide bonds. The smallest absolute Gasteiger partial charge is 0.223 e. The molecule has 0 radical (unpaired) electrons. The molecule has 2 heterocycles. The van der Waals surface area contributed by atoms with Crippen molar-refractivity contribution in [2.75, 3.05) is 18.0 Å². The summed E-state index contributed by atoms with van der Waals surface area (Å²) in [5.74, 6) is 0.642. The Morgan fingerprint density at radius 1 is 1.10 bits per heavy atom. The second-order valence-electron chi connectivity index (χ2n) is 7.74. The molecule has 4 rings (SSSR count). The van der Waals surface area contributed by atoms with Gasteiger partial charge in [0.2, 0.25) is 5.91 Å². The molecule has 0 aliphatic carbocycles. The summed E-state index contributed by atoms with van der Waals surface area (Å²) in [6, 6.07) is 16.5. The van der Waals surface area contributed by atoms with Crippen molar-refractivity contribution in [3.8, 4) is 11.3 Å². The summed E-state index contributed by atoms with van der Waals surface area (Å²) in [6.45, 7) is 4.11. The van der Waals surface area contributed by atoms with E-state index in [-0.39, 0.29) is 17.6 Å². The molecule has 1 aliphatic heterocycles. The third-order valence-electron chi connectivity index (χ3n) is 5.51. The number of halogens is 1. The number of anilines is 1. The van der Waals surface area contributed by atoms with Crippen molar-refractivity contribution < 1.29 is 9.18 Å². The Morgan fingerprint density at radius 3 is 2.67 bits per heavy atom. The van der Waals surface area contributed by atoms with Crippen molar-refractivity contribution in [2.45, 2.75) is 26.3 Å². The van der Waals surface area contributed by atoms with E-state index < -0.39 is 0 Å². The number of hydrogen-bond donors (Lipinski definition) is 1. The van der Waals surface area contributed by atoms with Crippen LogP contribution in [0.3, 0.4) is 0 Å². The lowest BCUT2D eigenvalue weighted by Gasteiger charge is -2.32. The molecule has 1 fully saturated rings. The lowest BCUT2D eigenvalue weighted by Crippen LogP contribution is -2.40. The summed E-state index contributed by atoms with van der Waals surface area (Å²) >= 11 is 0. The van der Waals surface area contributed by atoms with Gasteiger partial charge in [0.15, 0.2) is 0 Å². The monoisotopic (exact) mass is 404 g/mol. The Balaban J connectivity index is 1.34. The van der Waals surface area contributed by atoms with Gasteiger partial charge in [0.05, 0.1) is 5.69 Å². The van der Waals surface area contributed by atoms with E-state index in [0.29, 0.717) is 12.2 Å². The molecule has 0 saturated carbocycles. The molecule has 1 saturated heterocycles. The van der Waals surface area contributed by atoms with Crippen molar-refractivity contribution in [3.05, 3.63) is 77.9 Å². The van der Waals surface area contributed by atoms with E-state index in [1.54, 1.807) is 6.07 Å². The van der Waals surface area contributed by atoms with Crippen LogP contribution in [-0.2, 0) is 11.3 Å². The highest BCUT2D eigenvalue weighted by molar-refractivity contribution is 5.79. The quantitative estimate of drug-likeness (QED) is 0.695. The predicted octanol–water partition coefficient (Wildman–Crippen LogP) is 4.12. The number of nitrogens with zero attached hydrogens (tertiary/aromatic N) is 3. The first-order valence-corrected chi connectivity index (χ1v) is 10.2. The van der Waals surface area contributed by atoms with Crippen molar-refractivity contribution in [2.24, 2.45) is 5.92 Å². The van der Waals surface area contributed by atoms with Crippen molar-refractivity contribution in [1.82, 2.24) is 15.3 Å². The number of hydrogen-bond acceptors (Lipinski definition) is 4. The molecule has 5 nitrogen and oxygen atoms in total. The summed E-state index contributed by atoms with van der Waals surface area (Å²) in [6.07, 6.45) is 3.06. The molecule has 0 unspecified atom stereocenters. The van der Waals surface area contributed by atoms with Crippen LogP contribution in [0, 0.1) is 18.7 Å². The Bertz CT molecular complexity index is 1030. The first-order valence-electron chi connectivity index (χ1n) is 10.2. The second kappa shape index (κ2) is 9.03. The van der Waals surface area contributed by atoms with Gasteiger partial charge in [-0.25, -0.2) is 14.4 Å². The molecule has 0 atom stereocenters. The molecule has 3 aromatic rings. The minimum absolute atomic E-state index is 0.00980.